The molecule has 0 unspecified atom stereocenters. The van der Waals surface area contributed by atoms with Crippen molar-refractivity contribution in [2.75, 3.05) is 17.2 Å². The molecule has 0 spiro atoms. The Balaban J connectivity index is 1.47. The smallest absolute Gasteiger partial charge is 0.258 e. The largest absolute Gasteiger partial charge is 0.385 e. The Morgan fingerprint density at radius 3 is 2.19 bits per heavy atom. The second kappa shape index (κ2) is 8.81. The highest BCUT2D eigenvalue weighted by Gasteiger charge is 2.10. The number of nitrogens with one attached hydrogen (secondary N) is 2. The summed E-state index contributed by atoms with van der Waals surface area (Å²) in [4.78, 5) is 12.1. The van der Waals surface area contributed by atoms with E-state index in [9.17, 15) is 9.18 Å². The molecule has 0 fully saturated rings. The van der Waals surface area contributed by atoms with Gasteiger partial charge < -0.3 is 10.6 Å². The number of aryl methyl sites for hydroxylation is 1. The zero-order valence-electron chi connectivity index (χ0n) is 14.4. The minimum Gasteiger partial charge on any atom is -0.385 e. The van der Waals surface area contributed by atoms with Crippen molar-refractivity contribution in [3.05, 3.63) is 95.8 Å². The predicted octanol–water partition coefficient (Wildman–Crippen LogP) is 5.12. The van der Waals surface area contributed by atoms with Crippen molar-refractivity contribution < 1.29 is 9.18 Å². The van der Waals surface area contributed by atoms with Crippen molar-refractivity contribution in [2.24, 2.45) is 0 Å². The number of benzene rings is 3. The lowest BCUT2D eigenvalue weighted by atomic mass is 10.1. The molecule has 3 aromatic rings. The molecule has 0 aliphatic heterocycles. The van der Waals surface area contributed by atoms with Gasteiger partial charge in [0.2, 0.25) is 0 Å². The van der Waals surface area contributed by atoms with Gasteiger partial charge in [0.25, 0.3) is 5.91 Å². The average molecular weight is 348 g/mol. The molecule has 1 amide bonds. The van der Waals surface area contributed by atoms with E-state index in [2.05, 4.69) is 34.9 Å². The number of anilines is 2. The summed E-state index contributed by atoms with van der Waals surface area (Å²) in [7, 11) is 0. The molecule has 0 saturated carbocycles. The monoisotopic (exact) mass is 348 g/mol. The molecular weight excluding hydrogens is 327 g/mol. The Morgan fingerprint density at radius 1 is 0.808 bits per heavy atom. The maximum atomic E-state index is 13.6. The number of carbonyl (C=O) groups is 1. The van der Waals surface area contributed by atoms with Gasteiger partial charge in [0, 0.05) is 17.9 Å². The van der Waals surface area contributed by atoms with E-state index >= 15 is 0 Å². The lowest BCUT2D eigenvalue weighted by molar-refractivity contribution is 0.102. The zero-order chi connectivity index (χ0) is 18.2. The van der Waals surface area contributed by atoms with Gasteiger partial charge in [-0.15, -0.1) is 0 Å². The van der Waals surface area contributed by atoms with E-state index in [1.54, 1.807) is 24.3 Å². The second-order valence-corrected chi connectivity index (χ2v) is 6.03. The fourth-order valence-electron chi connectivity index (χ4n) is 2.69. The van der Waals surface area contributed by atoms with E-state index in [1.807, 2.05) is 18.2 Å². The summed E-state index contributed by atoms with van der Waals surface area (Å²) in [6, 6.07) is 23.7. The Bertz CT molecular complexity index is 848. The topological polar surface area (TPSA) is 41.1 Å². The molecule has 0 aliphatic rings. The number of rotatable bonds is 7. The van der Waals surface area contributed by atoms with Crippen molar-refractivity contribution in [3.8, 4) is 0 Å². The Hall–Kier alpha value is -3.14. The normalized spacial score (nSPS) is 10.3. The van der Waals surface area contributed by atoms with Crippen LogP contribution in [-0.4, -0.2) is 12.5 Å². The first-order valence-corrected chi connectivity index (χ1v) is 8.66. The molecule has 132 valence electrons. The minimum atomic E-state index is -0.526. The van der Waals surface area contributed by atoms with Gasteiger partial charge in [-0.25, -0.2) is 4.39 Å². The summed E-state index contributed by atoms with van der Waals surface area (Å²) in [5.74, 6) is -0.978. The zero-order valence-corrected chi connectivity index (χ0v) is 14.4. The molecule has 3 nitrogen and oxygen atoms in total. The fourth-order valence-corrected chi connectivity index (χ4v) is 2.69. The molecule has 0 saturated heterocycles. The highest BCUT2D eigenvalue weighted by Crippen LogP contribution is 2.16. The van der Waals surface area contributed by atoms with Crippen LogP contribution < -0.4 is 10.6 Å². The molecule has 3 rings (SSSR count). The van der Waals surface area contributed by atoms with Crippen LogP contribution in [0.4, 0.5) is 15.8 Å². The van der Waals surface area contributed by atoms with E-state index in [-0.39, 0.29) is 5.56 Å². The molecule has 0 aliphatic carbocycles. The standard InChI is InChI=1S/C22H21FN2O/c23-21-11-5-4-10-20(21)22(26)25-19-14-12-18(13-15-19)24-16-6-9-17-7-2-1-3-8-17/h1-5,7-8,10-15,24H,6,9,16H2,(H,25,26). The lowest BCUT2D eigenvalue weighted by Gasteiger charge is -2.09. The van der Waals surface area contributed by atoms with Gasteiger partial charge in [-0.3, -0.25) is 4.79 Å². The van der Waals surface area contributed by atoms with E-state index in [0.29, 0.717) is 5.69 Å². The van der Waals surface area contributed by atoms with Crippen LogP contribution in [-0.2, 0) is 6.42 Å². The lowest BCUT2D eigenvalue weighted by Crippen LogP contribution is -2.13. The van der Waals surface area contributed by atoms with Crippen LogP contribution in [0.2, 0.25) is 0 Å². The molecule has 3 aromatic carbocycles. The third-order valence-electron chi connectivity index (χ3n) is 4.08. The van der Waals surface area contributed by atoms with Gasteiger partial charge in [0.15, 0.2) is 0 Å². The molecule has 2 N–H and O–H groups in total. The van der Waals surface area contributed by atoms with E-state index < -0.39 is 11.7 Å². The quantitative estimate of drug-likeness (QED) is 0.582. The Kier molecular flexibility index (Phi) is 5.99. The Morgan fingerprint density at radius 2 is 1.46 bits per heavy atom. The van der Waals surface area contributed by atoms with E-state index in [1.165, 1.54) is 17.7 Å². The predicted molar refractivity (Wildman–Crippen MR) is 104 cm³/mol. The summed E-state index contributed by atoms with van der Waals surface area (Å²) >= 11 is 0. The molecule has 0 atom stereocenters. The van der Waals surface area contributed by atoms with Crippen molar-refractivity contribution in [1.82, 2.24) is 0 Å². The Labute approximate surface area is 152 Å². The summed E-state index contributed by atoms with van der Waals surface area (Å²) in [6.45, 7) is 0.871. The summed E-state index contributed by atoms with van der Waals surface area (Å²) < 4.78 is 13.6. The molecule has 26 heavy (non-hydrogen) atoms. The van der Waals surface area contributed by atoms with E-state index in [0.717, 1.165) is 25.1 Å². The van der Waals surface area contributed by atoms with Crippen LogP contribution in [0.15, 0.2) is 78.9 Å². The van der Waals surface area contributed by atoms with Crippen LogP contribution in [0.3, 0.4) is 0 Å². The first kappa shape index (κ1) is 17.7. The first-order chi connectivity index (χ1) is 12.7. The summed E-state index contributed by atoms with van der Waals surface area (Å²) in [5.41, 5.74) is 2.99. The van der Waals surface area contributed by atoms with Crippen LogP contribution in [0.1, 0.15) is 22.3 Å². The number of amides is 1. The van der Waals surface area contributed by atoms with Gasteiger partial charge in [-0.1, -0.05) is 42.5 Å². The second-order valence-electron chi connectivity index (χ2n) is 6.03. The number of hydrogen-bond donors (Lipinski definition) is 2. The van der Waals surface area contributed by atoms with Crippen molar-refractivity contribution in [1.29, 1.82) is 0 Å². The van der Waals surface area contributed by atoms with Gasteiger partial charge in [-0.2, -0.15) is 0 Å². The van der Waals surface area contributed by atoms with Gasteiger partial charge in [0.05, 0.1) is 5.56 Å². The molecule has 0 bridgehead atoms. The van der Waals surface area contributed by atoms with Gasteiger partial charge in [0.1, 0.15) is 5.82 Å². The fraction of sp³-hybridized carbons (Fsp3) is 0.136. The average Bonchev–Trinajstić information content (AvgIpc) is 2.67. The number of carbonyl (C=O) groups excluding carboxylic acids is 1. The molecule has 0 aromatic heterocycles. The maximum Gasteiger partial charge on any atom is 0.258 e. The first-order valence-electron chi connectivity index (χ1n) is 8.66. The molecule has 0 radical (unpaired) electrons. The van der Waals surface area contributed by atoms with Gasteiger partial charge >= 0.3 is 0 Å². The SMILES string of the molecule is O=C(Nc1ccc(NCCCc2ccccc2)cc1)c1ccccc1F. The van der Waals surface area contributed by atoms with Crippen LogP contribution >= 0.6 is 0 Å². The maximum absolute atomic E-state index is 13.6. The number of halogens is 1. The van der Waals surface area contributed by atoms with Crippen LogP contribution in [0.25, 0.3) is 0 Å². The number of hydrogen-bond acceptors (Lipinski definition) is 2. The van der Waals surface area contributed by atoms with Crippen molar-refractivity contribution >= 4 is 17.3 Å². The third kappa shape index (κ3) is 4.93. The van der Waals surface area contributed by atoms with Gasteiger partial charge in [-0.05, 0) is 54.8 Å². The van der Waals surface area contributed by atoms with Crippen molar-refractivity contribution in [3.63, 3.8) is 0 Å². The van der Waals surface area contributed by atoms with Crippen LogP contribution in [0, 0.1) is 5.82 Å². The highest BCUT2D eigenvalue weighted by molar-refractivity contribution is 6.04. The minimum absolute atomic E-state index is 0.0376. The van der Waals surface area contributed by atoms with Crippen molar-refractivity contribution in [2.45, 2.75) is 12.8 Å². The summed E-state index contributed by atoms with van der Waals surface area (Å²) in [5, 5.41) is 6.07. The molecule has 4 heteroatoms. The molecule has 0 heterocycles. The highest BCUT2D eigenvalue weighted by atomic mass is 19.1. The molecular formula is C22H21FN2O. The third-order valence-corrected chi connectivity index (χ3v) is 4.08. The summed E-state index contributed by atoms with van der Waals surface area (Å²) in [6.07, 6.45) is 2.07. The van der Waals surface area contributed by atoms with Crippen LogP contribution in [0.5, 0.6) is 0 Å². The van der Waals surface area contributed by atoms with E-state index in [4.69, 9.17) is 0 Å².